The predicted molar refractivity (Wildman–Crippen MR) is 81.1 cm³/mol. The third-order valence-electron chi connectivity index (χ3n) is 3.12. The third-order valence-corrected chi connectivity index (χ3v) is 3.65. The molecule has 2 N–H and O–H groups in total. The Kier molecular flexibility index (Phi) is 4.88. The molecule has 98 valence electrons. The van der Waals surface area contributed by atoms with Gasteiger partial charge < -0.3 is 5.73 Å². The van der Waals surface area contributed by atoms with Crippen molar-refractivity contribution in [3.05, 3.63) is 70.2 Å². The number of rotatable bonds is 5. The van der Waals surface area contributed by atoms with E-state index in [2.05, 4.69) is 15.9 Å². The first-order valence-electron chi connectivity index (χ1n) is 6.23. The molecule has 0 aromatic heterocycles. The van der Waals surface area contributed by atoms with Gasteiger partial charge in [0, 0.05) is 17.4 Å². The molecule has 0 saturated carbocycles. The Bertz CT molecular complexity index is 536. The number of hydrogen-bond acceptors (Lipinski definition) is 2. The van der Waals surface area contributed by atoms with Crippen LogP contribution in [0.15, 0.2) is 59.1 Å². The van der Waals surface area contributed by atoms with E-state index in [4.69, 9.17) is 5.73 Å². The largest absolute Gasteiger partial charge is 0.329 e. The first kappa shape index (κ1) is 14.0. The standard InChI is InChI=1S/C16H16BrNO/c17-14-8-6-12(7-9-14)10-16(19)15(11-18)13-4-2-1-3-5-13/h1-9,15H,10-11,18H2. The summed E-state index contributed by atoms with van der Waals surface area (Å²) in [4.78, 5) is 12.3. The SMILES string of the molecule is NCC(C(=O)Cc1ccc(Br)cc1)c1ccccc1. The van der Waals surface area contributed by atoms with Gasteiger partial charge in [-0.3, -0.25) is 4.79 Å². The van der Waals surface area contributed by atoms with Crippen molar-refractivity contribution in [3.8, 4) is 0 Å². The second-order valence-electron chi connectivity index (χ2n) is 4.47. The van der Waals surface area contributed by atoms with Crippen LogP contribution in [0.5, 0.6) is 0 Å². The Balaban J connectivity index is 2.11. The van der Waals surface area contributed by atoms with Gasteiger partial charge in [0.2, 0.25) is 0 Å². The lowest BCUT2D eigenvalue weighted by Gasteiger charge is -2.14. The monoisotopic (exact) mass is 317 g/mol. The zero-order valence-electron chi connectivity index (χ0n) is 10.6. The smallest absolute Gasteiger partial charge is 0.145 e. The molecule has 1 atom stereocenters. The molecule has 1 unspecified atom stereocenters. The molecule has 0 radical (unpaired) electrons. The highest BCUT2D eigenvalue weighted by Crippen LogP contribution is 2.18. The Hall–Kier alpha value is -1.45. The van der Waals surface area contributed by atoms with E-state index in [0.29, 0.717) is 13.0 Å². The molecule has 0 aliphatic carbocycles. The number of ketones is 1. The minimum Gasteiger partial charge on any atom is -0.329 e. The number of benzene rings is 2. The molecular weight excluding hydrogens is 302 g/mol. The number of carbonyl (C=O) groups excluding carboxylic acids is 1. The molecule has 2 aromatic rings. The fourth-order valence-electron chi connectivity index (χ4n) is 2.07. The van der Waals surface area contributed by atoms with Crippen molar-refractivity contribution in [2.75, 3.05) is 6.54 Å². The van der Waals surface area contributed by atoms with Gasteiger partial charge in [-0.2, -0.15) is 0 Å². The molecule has 0 saturated heterocycles. The van der Waals surface area contributed by atoms with Gasteiger partial charge in [-0.1, -0.05) is 58.4 Å². The van der Waals surface area contributed by atoms with Crippen molar-refractivity contribution in [1.82, 2.24) is 0 Å². The van der Waals surface area contributed by atoms with E-state index in [1.54, 1.807) is 0 Å². The van der Waals surface area contributed by atoms with Crippen LogP contribution in [0.4, 0.5) is 0 Å². The molecule has 2 rings (SSSR count). The van der Waals surface area contributed by atoms with E-state index >= 15 is 0 Å². The molecule has 0 bridgehead atoms. The van der Waals surface area contributed by atoms with Crippen LogP contribution in [0.25, 0.3) is 0 Å². The van der Waals surface area contributed by atoms with Crippen LogP contribution in [-0.2, 0) is 11.2 Å². The summed E-state index contributed by atoms with van der Waals surface area (Å²) in [6.45, 7) is 0.347. The van der Waals surface area contributed by atoms with Crippen molar-refractivity contribution in [3.63, 3.8) is 0 Å². The van der Waals surface area contributed by atoms with E-state index in [-0.39, 0.29) is 11.7 Å². The Labute approximate surface area is 121 Å². The molecule has 0 spiro atoms. The van der Waals surface area contributed by atoms with Crippen molar-refractivity contribution >= 4 is 21.7 Å². The number of hydrogen-bond donors (Lipinski definition) is 1. The number of nitrogens with two attached hydrogens (primary N) is 1. The van der Waals surface area contributed by atoms with E-state index in [1.807, 2.05) is 54.6 Å². The molecule has 0 aliphatic heterocycles. The zero-order chi connectivity index (χ0) is 13.7. The van der Waals surface area contributed by atoms with Crippen LogP contribution in [-0.4, -0.2) is 12.3 Å². The molecule has 19 heavy (non-hydrogen) atoms. The normalized spacial score (nSPS) is 12.1. The lowest BCUT2D eigenvalue weighted by molar-refractivity contribution is -0.119. The number of halogens is 1. The summed E-state index contributed by atoms with van der Waals surface area (Å²) in [6.07, 6.45) is 0.421. The molecule has 0 amide bonds. The summed E-state index contributed by atoms with van der Waals surface area (Å²) in [5, 5.41) is 0. The van der Waals surface area contributed by atoms with E-state index in [9.17, 15) is 4.79 Å². The summed E-state index contributed by atoms with van der Waals surface area (Å²) >= 11 is 3.39. The first-order valence-corrected chi connectivity index (χ1v) is 7.02. The molecule has 2 aromatic carbocycles. The third kappa shape index (κ3) is 3.75. The summed E-state index contributed by atoms with van der Waals surface area (Å²) < 4.78 is 1.02. The zero-order valence-corrected chi connectivity index (χ0v) is 12.1. The summed E-state index contributed by atoms with van der Waals surface area (Å²) in [5.74, 6) is -0.0548. The highest BCUT2D eigenvalue weighted by Gasteiger charge is 2.18. The number of Topliss-reactive ketones (excluding diaryl/α,β-unsaturated/α-hetero) is 1. The lowest BCUT2D eigenvalue weighted by Crippen LogP contribution is -2.23. The highest BCUT2D eigenvalue weighted by molar-refractivity contribution is 9.10. The molecule has 3 heteroatoms. The van der Waals surface area contributed by atoms with Crippen molar-refractivity contribution in [2.45, 2.75) is 12.3 Å². The minimum absolute atomic E-state index is 0.163. The maximum Gasteiger partial charge on any atom is 0.145 e. The molecule has 2 nitrogen and oxygen atoms in total. The van der Waals surface area contributed by atoms with Crippen LogP contribution in [0.2, 0.25) is 0 Å². The minimum atomic E-state index is -0.218. The van der Waals surface area contributed by atoms with Gasteiger partial charge in [0.05, 0.1) is 5.92 Å². The van der Waals surface area contributed by atoms with E-state index in [1.165, 1.54) is 0 Å². The van der Waals surface area contributed by atoms with Crippen molar-refractivity contribution in [1.29, 1.82) is 0 Å². The predicted octanol–water partition coefficient (Wildman–Crippen LogP) is 3.30. The van der Waals surface area contributed by atoms with Crippen LogP contribution in [0, 0.1) is 0 Å². The topological polar surface area (TPSA) is 43.1 Å². The average molecular weight is 318 g/mol. The summed E-state index contributed by atoms with van der Waals surface area (Å²) in [5.41, 5.74) is 7.76. The first-order chi connectivity index (χ1) is 9.20. The summed E-state index contributed by atoms with van der Waals surface area (Å²) in [7, 11) is 0. The van der Waals surface area contributed by atoms with Gasteiger partial charge in [-0.15, -0.1) is 0 Å². The van der Waals surface area contributed by atoms with Gasteiger partial charge in [0.15, 0.2) is 0 Å². The Morgan fingerprint density at radius 3 is 2.26 bits per heavy atom. The van der Waals surface area contributed by atoms with Crippen LogP contribution in [0.1, 0.15) is 17.0 Å². The number of carbonyl (C=O) groups is 1. The van der Waals surface area contributed by atoms with Crippen LogP contribution in [0.3, 0.4) is 0 Å². The van der Waals surface area contributed by atoms with Crippen LogP contribution < -0.4 is 5.73 Å². The summed E-state index contributed by atoms with van der Waals surface area (Å²) in [6, 6.07) is 17.5. The maximum atomic E-state index is 12.3. The van der Waals surface area contributed by atoms with Crippen LogP contribution >= 0.6 is 15.9 Å². The van der Waals surface area contributed by atoms with Gasteiger partial charge in [-0.25, -0.2) is 0 Å². The molecular formula is C16H16BrNO. The second-order valence-corrected chi connectivity index (χ2v) is 5.38. The van der Waals surface area contributed by atoms with Gasteiger partial charge >= 0.3 is 0 Å². The average Bonchev–Trinajstić information content (AvgIpc) is 2.43. The fraction of sp³-hybridized carbons (Fsp3) is 0.188. The maximum absolute atomic E-state index is 12.3. The molecule has 0 fully saturated rings. The molecule has 0 heterocycles. The van der Waals surface area contributed by atoms with E-state index in [0.717, 1.165) is 15.6 Å². The Morgan fingerprint density at radius 2 is 1.68 bits per heavy atom. The van der Waals surface area contributed by atoms with Crippen molar-refractivity contribution in [2.24, 2.45) is 5.73 Å². The quantitative estimate of drug-likeness (QED) is 0.919. The Morgan fingerprint density at radius 1 is 1.05 bits per heavy atom. The van der Waals surface area contributed by atoms with Gasteiger partial charge in [0.1, 0.15) is 5.78 Å². The van der Waals surface area contributed by atoms with Gasteiger partial charge in [0.25, 0.3) is 0 Å². The fourth-order valence-corrected chi connectivity index (χ4v) is 2.33. The van der Waals surface area contributed by atoms with Gasteiger partial charge in [-0.05, 0) is 23.3 Å². The van der Waals surface area contributed by atoms with E-state index < -0.39 is 0 Å². The highest BCUT2D eigenvalue weighted by atomic mass is 79.9. The molecule has 0 aliphatic rings. The van der Waals surface area contributed by atoms with Crippen molar-refractivity contribution < 1.29 is 4.79 Å². The lowest BCUT2D eigenvalue weighted by atomic mass is 9.91. The second kappa shape index (κ2) is 6.64.